The largest absolute Gasteiger partial charge is 0.214 e. The van der Waals surface area contributed by atoms with Crippen molar-refractivity contribution in [2.24, 2.45) is 0 Å². The van der Waals surface area contributed by atoms with E-state index in [2.05, 4.69) is 25.1 Å². The first-order valence-corrected chi connectivity index (χ1v) is 15.5. The maximum atomic E-state index is 4.93. The van der Waals surface area contributed by atoms with Crippen LogP contribution in [0.5, 0.6) is 0 Å². The van der Waals surface area contributed by atoms with Gasteiger partial charge in [0.1, 0.15) is 0 Å². The molecule has 0 saturated heterocycles. The zero-order valence-electron chi connectivity index (χ0n) is 14.8. The molecule has 1 aliphatic rings. The third-order valence-electron chi connectivity index (χ3n) is 4.54. The number of aryl methyl sites for hydroxylation is 1. The fourth-order valence-electron chi connectivity index (χ4n) is 3.24. The predicted molar refractivity (Wildman–Crippen MR) is 105 cm³/mol. The van der Waals surface area contributed by atoms with E-state index in [0.717, 1.165) is 5.92 Å². The van der Waals surface area contributed by atoms with Crippen molar-refractivity contribution in [2.45, 2.75) is 70.6 Å². The molecule has 24 heavy (non-hydrogen) atoms. The van der Waals surface area contributed by atoms with Gasteiger partial charge in [0.25, 0.3) is 0 Å². The Morgan fingerprint density at radius 1 is 1.12 bits per heavy atom. The summed E-state index contributed by atoms with van der Waals surface area (Å²) >= 11 is -0.826. The number of hydrogen-bond donors (Lipinski definition) is 0. The molecule has 0 amide bonds. The van der Waals surface area contributed by atoms with Gasteiger partial charge in [-0.05, 0) is 0 Å². The molecule has 3 rings (SSSR count). The first-order valence-electron chi connectivity index (χ1n) is 9.20. The maximum absolute atomic E-state index is 4.93. The van der Waals surface area contributed by atoms with E-state index in [0.29, 0.717) is 0 Å². The zero-order valence-corrected chi connectivity index (χ0v) is 18.8. The summed E-state index contributed by atoms with van der Waals surface area (Å²) in [7, 11) is 9.87. The Hall–Kier alpha value is 0.163. The molecule has 0 aromatic heterocycles. The van der Waals surface area contributed by atoms with Gasteiger partial charge in [-0.1, -0.05) is 70.6 Å². The smallest absolute Gasteiger partial charge is 0.172 e. The molecule has 132 valence electrons. The van der Waals surface area contributed by atoms with Crippen molar-refractivity contribution in [1.82, 2.24) is 0 Å². The van der Waals surface area contributed by atoms with Gasteiger partial charge in [0, 0.05) is 0 Å². The van der Waals surface area contributed by atoms with E-state index in [4.69, 9.17) is 17.0 Å². The monoisotopic (exact) mass is 442 g/mol. The molecule has 0 heterocycles. The van der Waals surface area contributed by atoms with E-state index in [9.17, 15) is 0 Å². The Balaban J connectivity index is 0.000000298. The van der Waals surface area contributed by atoms with E-state index >= 15 is 0 Å². The van der Waals surface area contributed by atoms with Gasteiger partial charge in [0.15, 0.2) is 0 Å². The van der Waals surface area contributed by atoms with Crippen molar-refractivity contribution in [3.05, 3.63) is 59.7 Å². The van der Waals surface area contributed by atoms with E-state index in [1.54, 1.807) is 11.1 Å². The van der Waals surface area contributed by atoms with Crippen molar-refractivity contribution in [1.29, 1.82) is 0 Å². The van der Waals surface area contributed by atoms with Crippen molar-refractivity contribution >= 4 is 17.0 Å². The Kier molecular flexibility index (Phi) is 14.3. The molecule has 0 bridgehead atoms. The molecule has 0 spiro atoms. The van der Waals surface area contributed by atoms with Gasteiger partial charge in [0.2, 0.25) is 0 Å². The first-order chi connectivity index (χ1) is 11.8. The Bertz CT molecular complexity index is 451. The average Bonchev–Trinajstić information content (AvgIpc) is 3.25. The molecule has 2 aromatic carbocycles. The SMILES string of the molecule is CCCC[c-]1ccc(C2CCCCCC2)c1.[Cl][Zr+2][Cl].c1cc[cH-]c1. The van der Waals surface area contributed by atoms with Gasteiger partial charge in [0.05, 0.1) is 0 Å². The summed E-state index contributed by atoms with van der Waals surface area (Å²) in [4.78, 5) is 0. The van der Waals surface area contributed by atoms with Crippen LogP contribution in [0.2, 0.25) is 0 Å². The molecule has 0 nitrogen and oxygen atoms in total. The van der Waals surface area contributed by atoms with Crippen molar-refractivity contribution in [3.8, 4) is 0 Å². The third-order valence-corrected chi connectivity index (χ3v) is 4.54. The molecule has 3 heteroatoms. The second kappa shape index (κ2) is 15.4. The molecular weight excluding hydrogens is 414 g/mol. The quantitative estimate of drug-likeness (QED) is 0.331. The number of hydrogen-bond acceptors (Lipinski definition) is 0. The van der Waals surface area contributed by atoms with Crippen LogP contribution in [0.1, 0.15) is 75.3 Å². The molecule has 1 fully saturated rings. The Morgan fingerprint density at radius 3 is 2.25 bits per heavy atom. The van der Waals surface area contributed by atoms with Crippen molar-refractivity contribution in [3.63, 3.8) is 0 Å². The van der Waals surface area contributed by atoms with Crippen molar-refractivity contribution < 1.29 is 20.8 Å². The minimum atomic E-state index is -0.826. The van der Waals surface area contributed by atoms with Gasteiger partial charge in [-0.15, -0.1) is 0 Å². The molecule has 2 aromatic rings. The summed E-state index contributed by atoms with van der Waals surface area (Å²) in [5, 5.41) is 0. The predicted octanol–water partition coefficient (Wildman–Crippen LogP) is 7.97. The average molecular weight is 445 g/mol. The fourth-order valence-corrected chi connectivity index (χ4v) is 3.24. The second-order valence-electron chi connectivity index (χ2n) is 6.38. The van der Waals surface area contributed by atoms with Crippen LogP contribution >= 0.6 is 17.0 Å². The zero-order chi connectivity index (χ0) is 17.5. The minimum Gasteiger partial charge on any atom is -0.214 e. The maximum Gasteiger partial charge on any atom is -0.172 e. The molecule has 1 saturated carbocycles. The number of unbranched alkanes of at least 4 members (excludes halogenated alkanes) is 1. The summed E-state index contributed by atoms with van der Waals surface area (Å²) in [5.41, 5.74) is 3.20. The Labute approximate surface area is 167 Å². The van der Waals surface area contributed by atoms with Crippen LogP contribution in [-0.4, -0.2) is 0 Å². The number of halogens is 2. The van der Waals surface area contributed by atoms with Crippen LogP contribution in [0.25, 0.3) is 0 Å². The van der Waals surface area contributed by atoms with E-state index in [1.807, 2.05) is 30.3 Å². The topological polar surface area (TPSA) is 0 Å². The van der Waals surface area contributed by atoms with Crippen LogP contribution in [0.15, 0.2) is 48.5 Å². The number of rotatable bonds is 4. The summed E-state index contributed by atoms with van der Waals surface area (Å²) in [6.45, 7) is 2.27. The molecule has 0 N–H and O–H groups in total. The molecular formula is C21H30Cl2Zr. The van der Waals surface area contributed by atoms with Crippen LogP contribution in [-0.2, 0) is 27.3 Å². The van der Waals surface area contributed by atoms with E-state index < -0.39 is 20.8 Å². The van der Waals surface area contributed by atoms with Gasteiger partial charge < -0.3 is 0 Å². The molecule has 0 radical (unpaired) electrons. The summed E-state index contributed by atoms with van der Waals surface area (Å²) in [6.07, 6.45) is 12.6. The third kappa shape index (κ3) is 10.2. The van der Waals surface area contributed by atoms with Crippen LogP contribution in [0.4, 0.5) is 0 Å². The van der Waals surface area contributed by atoms with Gasteiger partial charge in [-0.25, -0.2) is 18.2 Å². The fraction of sp³-hybridized carbons (Fsp3) is 0.524. The van der Waals surface area contributed by atoms with E-state index in [-0.39, 0.29) is 0 Å². The first kappa shape index (κ1) is 22.2. The van der Waals surface area contributed by atoms with Gasteiger partial charge in [-0.3, -0.25) is 0 Å². The molecule has 0 atom stereocenters. The standard InChI is InChI=1S/C16H25.C5H5.2ClH.Zr/c1-2-3-8-14-11-12-16(13-14)15-9-6-4-5-7-10-15;1-2-4-5-3-1;;;/h11-13,15H,2-10H2,1H3;1-5H;2*1H;/q2*-1;;;+4/p-2. The minimum absolute atomic E-state index is 0.826. The van der Waals surface area contributed by atoms with Crippen molar-refractivity contribution in [2.75, 3.05) is 0 Å². The Morgan fingerprint density at radius 2 is 1.75 bits per heavy atom. The summed E-state index contributed by atoms with van der Waals surface area (Å²) in [5.74, 6) is 0.873. The van der Waals surface area contributed by atoms with Crippen LogP contribution in [0, 0.1) is 0 Å². The summed E-state index contributed by atoms with van der Waals surface area (Å²) < 4.78 is 0. The molecule has 0 unspecified atom stereocenters. The summed E-state index contributed by atoms with van der Waals surface area (Å²) in [6, 6.07) is 17.2. The van der Waals surface area contributed by atoms with E-state index in [1.165, 1.54) is 57.8 Å². The van der Waals surface area contributed by atoms with Gasteiger partial charge in [-0.2, -0.15) is 41.5 Å². The second-order valence-corrected chi connectivity index (χ2v) is 10.1. The normalized spacial score (nSPS) is 14.5. The van der Waals surface area contributed by atoms with Crippen LogP contribution < -0.4 is 0 Å². The van der Waals surface area contributed by atoms with Gasteiger partial charge >= 0.3 is 37.9 Å². The molecule has 1 aliphatic carbocycles. The van der Waals surface area contributed by atoms with Crippen LogP contribution in [0.3, 0.4) is 0 Å². The molecule has 0 aliphatic heterocycles.